The fourth-order valence-corrected chi connectivity index (χ4v) is 2.96. The van der Waals surface area contributed by atoms with Crippen molar-refractivity contribution in [1.82, 2.24) is 19.4 Å². The molecule has 0 radical (unpaired) electrons. The van der Waals surface area contributed by atoms with E-state index in [0.717, 1.165) is 27.8 Å². The van der Waals surface area contributed by atoms with Gasteiger partial charge in [0.1, 0.15) is 5.69 Å². The average Bonchev–Trinajstić information content (AvgIpc) is 3.24. The molecule has 2 N–H and O–H groups in total. The lowest BCUT2D eigenvalue weighted by Gasteiger charge is -2.08. The molecule has 0 aliphatic heterocycles. The molecule has 25 heavy (non-hydrogen) atoms. The Morgan fingerprint density at radius 1 is 1.16 bits per heavy atom. The van der Waals surface area contributed by atoms with Gasteiger partial charge in [-0.05, 0) is 41.3 Å². The van der Waals surface area contributed by atoms with Gasteiger partial charge in [-0.15, -0.1) is 0 Å². The summed E-state index contributed by atoms with van der Waals surface area (Å²) in [4.78, 5) is 11.5. The molecule has 0 spiro atoms. The van der Waals surface area contributed by atoms with Gasteiger partial charge in [0, 0.05) is 25.0 Å². The van der Waals surface area contributed by atoms with Crippen LogP contribution in [0.15, 0.2) is 61.1 Å². The number of amides is 1. The van der Waals surface area contributed by atoms with Gasteiger partial charge < -0.3 is 5.73 Å². The third-order valence-electron chi connectivity index (χ3n) is 4.22. The fourth-order valence-electron chi connectivity index (χ4n) is 2.96. The molecule has 6 heteroatoms. The Morgan fingerprint density at radius 3 is 2.64 bits per heavy atom. The molecular weight excluding hydrogens is 314 g/mol. The number of nitrogens with zero attached hydrogens (tertiary/aromatic N) is 4. The molecule has 4 rings (SSSR count). The maximum absolute atomic E-state index is 11.5. The molecule has 3 aromatic heterocycles. The minimum atomic E-state index is -0.524. The van der Waals surface area contributed by atoms with E-state index in [1.54, 1.807) is 15.3 Å². The zero-order chi connectivity index (χ0) is 17.4. The second-order valence-corrected chi connectivity index (χ2v) is 6.03. The number of carbonyl (C=O) groups excluding carboxylic acids is 1. The van der Waals surface area contributed by atoms with Gasteiger partial charge in [0.25, 0.3) is 5.91 Å². The summed E-state index contributed by atoms with van der Waals surface area (Å²) in [6, 6.07) is 14.0. The van der Waals surface area contributed by atoms with Crippen molar-refractivity contribution < 1.29 is 4.79 Å². The fraction of sp³-hybridized carbons (Fsp3) is 0.105. The molecule has 0 aliphatic carbocycles. The van der Waals surface area contributed by atoms with E-state index in [1.807, 2.05) is 37.8 Å². The number of rotatable bonds is 4. The van der Waals surface area contributed by atoms with Gasteiger partial charge in [-0.3, -0.25) is 9.48 Å². The van der Waals surface area contributed by atoms with Crippen LogP contribution < -0.4 is 5.73 Å². The van der Waals surface area contributed by atoms with Gasteiger partial charge in [-0.25, -0.2) is 4.52 Å². The van der Waals surface area contributed by atoms with Gasteiger partial charge in [0.2, 0.25) is 0 Å². The van der Waals surface area contributed by atoms with Crippen LogP contribution in [-0.2, 0) is 13.5 Å². The molecule has 4 aromatic rings. The first kappa shape index (κ1) is 15.1. The number of hydrogen-bond donors (Lipinski definition) is 1. The van der Waals surface area contributed by atoms with Crippen LogP contribution >= 0.6 is 0 Å². The second kappa shape index (κ2) is 5.90. The minimum Gasteiger partial charge on any atom is -0.364 e. The first-order valence-electron chi connectivity index (χ1n) is 7.95. The molecule has 0 atom stereocenters. The van der Waals surface area contributed by atoms with Crippen LogP contribution in [0.5, 0.6) is 0 Å². The number of nitrogens with two attached hydrogens (primary N) is 1. The summed E-state index contributed by atoms with van der Waals surface area (Å²) in [5.74, 6) is -0.524. The van der Waals surface area contributed by atoms with E-state index in [1.165, 1.54) is 0 Å². The molecule has 0 bridgehead atoms. The zero-order valence-electron chi connectivity index (χ0n) is 13.8. The first-order chi connectivity index (χ1) is 12.1. The van der Waals surface area contributed by atoms with Crippen molar-refractivity contribution in [3.63, 3.8) is 0 Å². The molecule has 0 aliphatic rings. The summed E-state index contributed by atoms with van der Waals surface area (Å²) in [5.41, 5.74) is 11.0. The Labute approximate surface area is 144 Å². The standard InChI is InChI=1S/C19H17N5O/c1-23-12-16(11-21-23)14-6-4-13(5-7-14)9-15-10-17(19(20)25)22-24-8-2-3-18(15)24/h2-8,10-12H,9H2,1H3,(H2,20,25). The van der Waals surface area contributed by atoms with E-state index in [0.29, 0.717) is 6.42 Å². The van der Waals surface area contributed by atoms with Crippen molar-refractivity contribution in [1.29, 1.82) is 0 Å². The first-order valence-corrected chi connectivity index (χ1v) is 7.95. The normalized spacial score (nSPS) is 11.1. The van der Waals surface area contributed by atoms with E-state index >= 15 is 0 Å². The molecular formula is C19H17N5O. The molecule has 0 fully saturated rings. The largest absolute Gasteiger partial charge is 0.364 e. The van der Waals surface area contributed by atoms with Crippen molar-refractivity contribution in [2.45, 2.75) is 6.42 Å². The highest BCUT2D eigenvalue weighted by Gasteiger charge is 2.10. The number of carbonyl (C=O) groups is 1. The van der Waals surface area contributed by atoms with Crippen molar-refractivity contribution in [3.8, 4) is 11.1 Å². The number of aromatic nitrogens is 4. The molecule has 6 nitrogen and oxygen atoms in total. The molecule has 124 valence electrons. The Morgan fingerprint density at radius 2 is 1.96 bits per heavy atom. The maximum atomic E-state index is 11.5. The van der Waals surface area contributed by atoms with Crippen molar-refractivity contribution in [3.05, 3.63) is 77.9 Å². The molecule has 1 amide bonds. The van der Waals surface area contributed by atoms with E-state index in [4.69, 9.17) is 5.73 Å². The third-order valence-corrected chi connectivity index (χ3v) is 4.22. The summed E-state index contributed by atoms with van der Waals surface area (Å²) in [6.07, 6.45) is 6.35. The minimum absolute atomic E-state index is 0.269. The van der Waals surface area contributed by atoms with Crippen LogP contribution in [0.2, 0.25) is 0 Å². The lowest BCUT2D eigenvalue weighted by Crippen LogP contribution is -2.15. The van der Waals surface area contributed by atoms with Crippen LogP contribution in [0.25, 0.3) is 16.6 Å². The zero-order valence-corrected chi connectivity index (χ0v) is 13.8. The molecule has 0 unspecified atom stereocenters. The lowest BCUT2D eigenvalue weighted by atomic mass is 10.0. The smallest absolute Gasteiger partial charge is 0.269 e. The van der Waals surface area contributed by atoms with Crippen LogP contribution in [0.4, 0.5) is 0 Å². The Hall–Kier alpha value is -3.41. The number of primary amides is 1. The predicted molar refractivity (Wildman–Crippen MR) is 95.2 cm³/mol. The molecule has 0 saturated carbocycles. The number of aryl methyl sites for hydroxylation is 1. The Bertz CT molecular complexity index is 1060. The van der Waals surface area contributed by atoms with E-state index in [2.05, 4.69) is 34.5 Å². The number of hydrogen-bond acceptors (Lipinski definition) is 3. The molecule has 0 saturated heterocycles. The summed E-state index contributed by atoms with van der Waals surface area (Å²) < 4.78 is 3.48. The van der Waals surface area contributed by atoms with Gasteiger partial charge in [-0.1, -0.05) is 24.3 Å². The van der Waals surface area contributed by atoms with E-state index in [9.17, 15) is 4.79 Å². The SMILES string of the molecule is Cn1cc(-c2ccc(Cc3cc(C(N)=O)nn4cccc34)cc2)cn1. The highest BCUT2D eigenvalue weighted by atomic mass is 16.1. The van der Waals surface area contributed by atoms with Crippen molar-refractivity contribution >= 4 is 11.4 Å². The third kappa shape index (κ3) is 2.89. The van der Waals surface area contributed by atoms with Crippen LogP contribution in [0.3, 0.4) is 0 Å². The Balaban J connectivity index is 1.67. The van der Waals surface area contributed by atoms with Crippen LogP contribution in [-0.4, -0.2) is 25.3 Å². The molecule has 1 aromatic carbocycles. The van der Waals surface area contributed by atoms with Gasteiger partial charge in [-0.2, -0.15) is 10.2 Å². The summed E-state index contributed by atoms with van der Waals surface area (Å²) in [7, 11) is 1.90. The van der Waals surface area contributed by atoms with E-state index < -0.39 is 5.91 Å². The number of benzene rings is 1. The lowest BCUT2D eigenvalue weighted by molar-refractivity contribution is 0.0994. The maximum Gasteiger partial charge on any atom is 0.269 e. The van der Waals surface area contributed by atoms with Crippen molar-refractivity contribution in [2.75, 3.05) is 0 Å². The van der Waals surface area contributed by atoms with E-state index in [-0.39, 0.29) is 5.69 Å². The summed E-state index contributed by atoms with van der Waals surface area (Å²) in [5, 5.41) is 8.43. The van der Waals surface area contributed by atoms with Crippen molar-refractivity contribution in [2.24, 2.45) is 12.8 Å². The number of fused-ring (bicyclic) bond motifs is 1. The predicted octanol–water partition coefficient (Wildman–Crippen LogP) is 2.42. The highest BCUT2D eigenvalue weighted by Crippen LogP contribution is 2.21. The molecule has 3 heterocycles. The summed E-state index contributed by atoms with van der Waals surface area (Å²) in [6.45, 7) is 0. The van der Waals surface area contributed by atoms with Gasteiger partial charge in [0.05, 0.1) is 11.7 Å². The van der Waals surface area contributed by atoms with Crippen LogP contribution in [0, 0.1) is 0 Å². The Kier molecular flexibility index (Phi) is 3.57. The second-order valence-electron chi connectivity index (χ2n) is 6.03. The van der Waals surface area contributed by atoms with Crippen LogP contribution in [0.1, 0.15) is 21.6 Å². The monoisotopic (exact) mass is 331 g/mol. The van der Waals surface area contributed by atoms with Gasteiger partial charge in [0.15, 0.2) is 0 Å². The van der Waals surface area contributed by atoms with Gasteiger partial charge >= 0.3 is 0 Å². The topological polar surface area (TPSA) is 78.2 Å². The highest BCUT2D eigenvalue weighted by molar-refractivity contribution is 5.91. The quantitative estimate of drug-likeness (QED) is 0.624. The average molecular weight is 331 g/mol. The summed E-state index contributed by atoms with van der Waals surface area (Å²) >= 11 is 0.